The maximum Gasteiger partial charge on any atom is 0.420 e. The predicted molar refractivity (Wildman–Crippen MR) is 73.2 cm³/mol. The van der Waals surface area contributed by atoms with Crippen molar-refractivity contribution in [2.45, 2.75) is 45.9 Å². The third-order valence-corrected chi connectivity index (χ3v) is 3.45. The highest BCUT2D eigenvalue weighted by molar-refractivity contribution is 5.97. The van der Waals surface area contributed by atoms with E-state index in [1.54, 1.807) is 20.8 Å². The van der Waals surface area contributed by atoms with Gasteiger partial charge >= 0.3 is 6.18 Å². The number of carbonyl (C=O) groups excluding carboxylic acids is 1. The molecule has 1 aliphatic carbocycles. The highest BCUT2D eigenvalue weighted by atomic mass is 19.4. The minimum absolute atomic E-state index is 0.136. The van der Waals surface area contributed by atoms with E-state index in [1.807, 2.05) is 0 Å². The number of hydrogen-bond donors (Lipinski definition) is 1. The van der Waals surface area contributed by atoms with Gasteiger partial charge in [0.25, 0.3) is 0 Å². The molecule has 0 unspecified atom stereocenters. The first-order valence-corrected chi connectivity index (χ1v) is 6.81. The zero-order chi connectivity index (χ0) is 15.8. The van der Waals surface area contributed by atoms with E-state index in [9.17, 15) is 18.0 Å². The Labute approximate surface area is 121 Å². The summed E-state index contributed by atoms with van der Waals surface area (Å²) in [6.07, 6.45) is -3.37. The number of benzene rings is 1. The molecular weight excluding hydrogens is 283 g/mol. The van der Waals surface area contributed by atoms with Crippen LogP contribution < -0.4 is 10.1 Å². The lowest BCUT2D eigenvalue weighted by Crippen LogP contribution is -2.22. The quantitative estimate of drug-likeness (QED) is 0.903. The van der Waals surface area contributed by atoms with Crippen LogP contribution in [0.25, 0.3) is 0 Å². The summed E-state index contributed by atoms with van der Waals surface area (Å²) < 4.78 is 44.4. The normalized spacial score (nSPS) is 16.7. The number of nitrogens with one attached hydrogen (secondary N) is 1. The van der Waals surface area contributed by atoms with Crippen LogP contribution in [0.1, 0.15) is 39.2 Å². The van der Waals surface area contributed by atoms with Crippen molar-refractivity contribution in [1.29, 1.82) is 0 Å². The molecule has 0 aromatic heterocycles. The van der Waals surface area contributed by atoms with E-state index in [4.69, 9.17) is 4.74 Å². The van der Waals surface area contributed by atoms with Gasteiger partial charge in [-0.2, -0.15) is 13.2 Å². The molecule has 0 spiro atoms. The molecule has 3 nitrogen and oxygen atoms in total. The van der Waals surface area contributed by atoms with E-state index < -0.39 is 17.2 Å². The summed E-state index contributed by atoms with van der Waals surface area (Å²) in [7, 11) is 0. The molecule has 1 saturated carbocycles. The molecule has 1 aromatic carbocycles. The van der Waals surface area contributed by atoms with Gasteiger partial charge < -0.3 is 10.1 Å². The lowest BCUT2D eigenvalue weighted by atomic mass is 10.1. The molecule has 1 amide bonds. The standard InChI is InChI=1S/C15H18F3NO2/c1-9(2)21-12-5-4-10(8-11(12)15(16,17)18)19-13(20)14(3)6-7-14/h4-5,8-9H,6-7H2,1-3H3,(H,19,20). The Morgan fingerprint density at radius 3 is 2.43 bits per heavy atom. The molecule has 1 aromatic rings. The van der Waals surface area contributed by atoms with Crippen LogP contribution in [0.5, 0.6) is 5.75 Å². The second-order valence-corrected chi connectivity index (χ2v) is 5.89. The fourth-order valence-electron chi connectivity index (χ4n) is 1.88. The second kappa shape index (κ2) is 5.24. The first kappa shape index (κ1) is 15.7. The van der Waals surface area contributed by atoms with Crippen molar-refractivity contribution in [3.8, 4) is 5.75 Å². The molecule has 0 heterocycles. The Kier molecular flexibility index (Phi) is 3.91. The average Bonchev–Trinajstić information content (AvgIpc) is 3.08. The van der Waals surface area contributed by atoms with E-state index in [-0.39, 0.29) is 23.4 Å². The van der Waals surface area contributed by atoms with Gasteiger partial charge in [0.05, 0.1) is 11.7 Å². The average molecular weight is 301 g/mol. The number of carbonyl (C=O) groups is 1. The molecule has 1 fully saturated rings. The Morgan fingerprint density at radius 1 is 1.33 bits per heavy atom. The Morgan fingerprint density at radius 2 is 1.95 bits per heavy atom. The van der Waals surface area contributed by atoms with Gasteiger partial charge in [-0.1, -0.05) is 6.92 Å². The number of amides is 1. The molecular formula is C15H18F3NO2. The summed E-state index contributed by atoms with van der Waals surface area (Å²) in [5.74, 6) is -0.471. The molecule has 0 aliphatic heterocycles. The third kappa shape index (κ3) is 3.68. The molecule has 0 atom stereocenters. The van der Waals surface area contributed by atoms with Crippen LogP contribution in [-0.2, 0) is 11.0 Å². The van der Waals surface area contributed by atoms with Gasteiger partial charge in [0.2, 0.25) is 5.91 Å². The molecule has 0 saturated heterocycles. The maximum atomic E-state index is 13.1. The van der Waals surface area contributed by atoms with Crippen LogP contribution in [0.3, 0.4) is 0 Å². The summed E-state index contributed by atoms with van der Waals surface area (Å²) in [6, 6.07) is 3.59. The smallest absolute Gasteiger partial charge is 0.420 e. The van der Waals surface area contributed by atoms with Gasteiger partial charge in [-0.05, 0) is 44.9 Å². The lowest BCUT2D eigenvalue weighted by molar-refractivity contribution is -0.139. The monoisotopic (exact) mass is 301 g/mol. The van der Waals surface area contributed by atoms with Crippen LogP contribution in [0.4, 0.5) is 18.9 Å². The number of hydrogen-bond acceptors (Lipinski definition) is 2. The lowest BCUT2D eigenvalue weighted by Gasteiger charge is -2.18. The van der Waals surface area contributed by atoms with Crippen molar-refractivity contribution < 1.29 is 22.7 Å². The molecule has 1 aliphatic rings. The van der Waals surface area contributed by atoms with Gasteiger partial charge in [0.1, 0.15) is 5.75 Å². The van der Waals surface area contributed by atoms with Crippen molar-refractivity contribution >= 4 is 11.6 Å². The van der Waals surface area contributed by atoms with Crippen LogP contribution in [-0.4, -0.2) is 12.0 Å². The summed E-state index contributed by atoms with van der Waals surface area (Å²) >= 11 is 0. The Bertz CT molecular complexity index is 548. The van der Waals surface area contributed by atoms with E-state index in [1.165, 1.54) is 12.1 Å². The topological polar surface area (TPSA) is 38.3 Å². The third-order valence-electron chi connectivity index (χ3n) is 3.45. The largest absolute Gasteiger partial charge is 0.490 e. The maximum absolute atomic E-state index is 13.1. The molecule has 116 valence electrons. The van der Waals surface area contributed by atoms with E-state index >= 15 is 0 Å². The first-order valence-electron chi connectivity index (χ1n) is 6.81. The first-order chi connectivity index (χ1) is 9.62. The molecule has 2 rings (SSSR count). The van der Waals surface area contributed by atoms with Crippen molar-refractivity contribution in [3.05, 3.63) is 23.8 Å². The van der Waals surface area contributed by atoms with E-state index in [2.05, 4.69) is 5.32 Å². The van der Waals surface area contributed by atoms with Gasteiger partial charge in [0.15, 0.2) is 0 Å². The number of alkyl halides is 3. The van der Waals surface area contributed by atoms with Crippen molar-refractivity contribution in [2.75, 3.05) is 5.32 Å². The Balaban J connectivity index is 2.26. The molecule has 0 bridgehead atoms. The minimum atomic E-state index is -4.53. The van der Waals surface area contributed by atoms with Gasteiger partial charge in [0, 0.05) is 11.1 Å². The van der Waals surface area contributed by atoms with Crippen molar-refractivity contribution in [2.24, 2.45) is 5.41 Å². The summed E-state index contributed by atoms with van der Waals surface area (Å²) in [5, 5.41) is 2.54. The summed E-state index contributed by atoms with van der Waals surface area (Å²) in [4.78, 5) is 11.9. The SMILES string of the molecule is CC(C)Oc1ccc(NC(=O)C2(C)CC2)cc1C(F)(F)F. The van der Waals surface area contributed by atoms with Gasteiger partial charge in [-0.3, -0.25) is 4.79 Å². The van der Waals surface area contributed by atoms with Crippen molar-refractivity contribution in [3.63, 3.8) is 0 Å². The van der Waals surface area contributed by atoms with Crippen LogP contribution in [0, 0.1) is 5.41 Å². The minimum Gasteiger partial charge on any atom is -0.490 e. The van der Waals surface area contributed by atoms with E-state index in [0.717, 1.165) is 18.9 Å². The fraction of sp³-hybridized carbons (Fsp3) is 0.533. The van der Waals surface area contributed by atoms with Gasteiger partial charge in [-0.15, -0.1) is 0 Å². The molecule has 6 heteroatoms. The fourth-order valence-corrected chi connectivity index (χ4v) is 1.88. The number of rotatable bonds is 4. The van der Waals surface area contributed by atoms with Crippen molar-refractivity contribution in [1.82, 2.24) is 0 Å². The van der Waals surface area contributed by atoms with Gasteiger partial charge in [-0.25, -0.2) is 0 Å². The molecule has 0 radical (unpaired) electrons. The molecule has 21 heavy (non-hydrogen) atoms. The summed E-state index contributed by atoms with van der Waals surface area (Å²) in [5.41, 5.74) is -1.18. The number of halogens is 3. The zero-order valence-corrected chi connectivity index (χ0v) is 12.2. The Hall–Kier alpha value is -1.72. The van der Waals surface area contributed by atoms with Crippen LogP contribution in [0.2, 0.25) is 0 Å². The highest BCUT2D eigenvalue weighted by Crippen LogP contribution is 2.46. The van der Waals surface area contributed by atoms with Crippen LogP contribution in [0.15, 0.2) is 18.2 Å². The number of ether oxygens (including phenoxy) is 1. The predicted octanol–water partition coefficient (Wildman–Crippen LogP) is 4.23. The number of anilines is 1. The highest BCUT2D eigenvalue weighted by Gasteiger charge is 2.45. The summed E-state index contributed by atoms with van der Waals surface area (Å²) in [6.45, 7) is 5.11. The van der Waals surface area contributed by atoms with E-state index in [0.29, 0.717) is 0 Å². The second-order valence-electron chi connectivity index (χ2n) is 5.89. The zero-order valence-electron chi connectivity index (χ0n) is 12.2. The van der Waals surface area contributed by atoms with Crippen LogP contribution >= 0.6 is 0 Å². The molecule has 1 N–H and O–H groups in total.